The van der Waals surface area contributed by atoms with Gasteiger partial charge in [-0.2, -0.15) is 0 Å². The van der Waals surface area contributed by atoms with E-state index in [9.17, 15) is 0 Å². The second-order valence-electron chi connectivity index (χ2n) is 7.66. The third-order valence-corrected chi connectivity index (χ3v) is 4.56. The SMILES string of the molecule is CC[C@@H](CCCN1CCN(C)CC1)CCC(C)(C)C. The van der Waals surface area contributed by atoms with E-state index < -0.39 is 0 Å². The Morgan fingerprint density at radius 3 is 2.16 bits per heavy atom. The maximum Gasteiger partial charge on any atom is 0.0110 e. The van der Waals surface area contributed by atoms with Gasteiger partial charge in [0.2, 0.25) is 0 Å². The fraction of sp³-hybridized carbons (Fsp3) is 1.00. The Kier molecular flexibility index (Phi) is 7.38. The van der Waals surface area contributed by atoms with Gasteiger partial charge in [-0.25, -0.2) is 0 Å². The van der Waals surface area contributed by atoms with E-state index in [1.54, 1.807) is 0 Å². The van der Waals surface area contributed by atoms with Crippen LogP contribution in [0.2, 0.25) is 0 Å². The second kappa shape index (κ2) is 8.26. The van der Waals surface area contributed by atoms with Crippen molar-refractivity contribution in [3.05, 3.63) is 0 Å². The van der Waals surface area contributed by atoms with Crippen molar-refractivity contribution in [1.82, 2.24) is 9.80 Å². The van der Waals surface area contributed by atoms with Crippen molar-refractivity contribution in [1.29, 1.82) is 0 Å². The molecule has 0 radical (unpaired) electrons. The molecule has 1 fully saturated rings. The van der Waals surface area contributed by atoms with Crippen molar-refractivity contribution in [3.8, 4) is 0 Å². The third-order valence-electron chi connectivity index (χ3n) is 4.56. The highest BCUT2D eigenvalue weighted by atomic mass is 15.2. The number of likely N-dealkylation sites (N-methyl/N-ethyl adjacent to an activating group) is 1. The van der Waals surface area contributed by atoms with Crippen molar-refractivity contribution in [2.75, 3.05) is 39.8 Å². The summed E-state index contributed by atoms with van der Waals surface area (Å²) in [6.45, 7) is 15.8. The van der Waals surface area contributed by atoms with Gasteiger partial charge in [-0.1, -0.05) is 34.1 Å². The standard InChI is InChI=1S/C17H36N2/c1-6-16(9-10-17(2,3)4)8-7-11-19-14-12-18(5)13-15-19/h16H,6-15H2,1-5H3/t16-/m0/s1. The van der Waals surface area contributed by atoms with Gasteiger partial charge in [0, 0.05) is 26.2 Å². The van der Waals surface area contributed by atoms with Crippen molar-refractivity contribution < 1.29 is 0 Å². The molecule has 1 rings (SSSR count). The molecule has 1 aliphatic rings. The zero-order valence-electron chi connectivity index (χ0n) is 14.0. The molecule has 19 heavy (non-hydrogen) atoms. The van der Waals surface area contributed by atoms with E-state index in [1.807, 2.05) is 0 Å². The predicted molar refractivity (Wildman–Crippen MR) is 85.6 cm³/mol. The van der Waals surface area contributed by atoms with Crippen LogP contribution < -0.4 is 0 Å². The summed E-state index contributed by atoms with van der Waals surface area (Å²) in [5, 5.41) is 0. The first-order valence-corrected chi connectivity index (χ1v) is 8.31. The molecular weight excluding hydrogens is 232 g/mol. The molecule has 0 saturated carbocycles. The summed E-state index contributed by atoms with van der Waals surface area (Å²) in [7, 11) is 2.23. The molecule has 2 heteroatoms. The number of hydrogen-bond acceptors (Lipinski definition) is 2. The molecule has 0 bridgehead atoms. The number of rotatable bonds is 7. The minimum atomic E-state index is 0.505. The van der Waals surface area contributed by atoms with E-state index in [4.69, 9.17) is 0 Å². The van der Waals surface area contributed by atoms with E-state index in [-0.39, 0.29) is 0 Å². The Labute approximate surface area is 121 Å². The van der Waals surface area contributed by atoms with Gasteiger partial charge < -0.3 is 9.80 Å². The summed E-state index contributed by atoms with van der Waals surface area (Å²) in [4.78, 5) is 5.09. The van der Waals surface area contributed by atoms with E-state index in [0.717, 1.165) is 5.92 Å². The van der Waals surface area contributed by atoms with Gasteiger partial charge in [-0.3, -0.25) is 0 Å². The molecular formula is C17H36N2. The molecule has 0 unspecified atom stereocenters. The van der Waals surface area contributed by atoms with E-state index in [0.29, 0.717) is 5.41 Å². The zero-order valence-corrected chi connectivity index (χ0v) is 14.0. The molecule has 0 spiro atoms. The van der Waals surface area contributed by atoms with Crippen LogP contribution in [-0.2, 0) is 0 Å². The molecule has 2 nitrogen and oxygen atoms in total. The lowest BCUT2D eigenvalue weighted by atomic mass is 9.84. The molecule has 1 saturated heterocycles. The van der Waals surface area contributed by atoms with Gasteiger partial charge in [0.25, 0.3) is 0 Å². The van der Waals surface area contributed by atoms with Gasteiger partial charge >= 0.3 is 0 Å². The average molecular weight is 268 g/mol. The zero-order chi connectivity index (χ0) is 14.3. The van der Waals surface area contributed by atoms with Gasteiger partial charge in [0.15, 0.2) is 0 Å². The first kappa shape index (κ1) is 17.0. The Morgan fingerprint density at radius 1 is 1.00 bits per heavy atom. The molecule has 1 aliphatic heterocycles. The second-order valence-corrected chi connectivity index (χ2v) is 7.66. The molecule has 114 valence electrons. The first-order valence-electron chi connectivity index (χ1n) is 8.31. The van der Waals surface area contributed by atoms with Crippen LogP contribution >= 0.6 is 0 Å². The molecule has 0 aliphatic carbocycles. The molecule has 0 aromatic carbocycles. The number of hydrogen-bond donors (Lipinski definition) is 0. The van der Waals surface area contributed by atoms with Crippen molar-refractivity contribution >= 4 is 0 Å². The summed E-state index contributed by atoms with van der Waals surface area (Å²) in [6, 6.07) is 0. The quantitative estimate of drug-likeness (QED) is 0.691. The van der Waals surface area contributed by atoms with Crippen LogP contribution in [0.3, 0.4) is 0 Å². The fourth-order valence-electron chi connectivity index (χ4n) is 2.86. The van der Waals surface area contributed by atoms with Crippen LogP contribution in [0.5, 0.6) is 0 Å². The Hall–Kier alpha value is -0.0800. The normalized spacial score (nSPS) is 20.7. The monoisotopic (exact) mass is 268 g/mol. The minimum absolute atomic E-state index is 0.505. The maximum atomic E-state index is 2.65. The lowest BCUT2D eigenvalue weighted by Crippen LogP contribution is -2.44. The molecule has 1 heterocycles. The van der Waals surface area contributed by atoms with E-state index >= 15 is 0 Å². The summed E-state index contributed by atoms with van der Waals surface area (Å²) in [6.07, 6.45) is 6.98. The van der Waals surface area contributed by atoms with E-state index in [2.05, 4.69) is 44.5 Å². The van der Waals surface area contributed by atoms with Crippen molar-refractivity contribution in [2.24, 2.45) is 11.3 Å². The van der Waals surface area contributed by atoms with Crippen LogP contribution in [0.1, 0.15) is 59.8 Å². The lowest BCUT2D eigenvalue weighted by molar-refractivity contribution is 0.149. The van der Waals surface area contributed by atoms with Crippen LogP contribution in [0.4, 0.5) is 0 Å². The van der Waals surface area contributed by atoms with Crippen LogP contribution in [0.25, 0.3) is 0 Å². The molecule has 1 atom stereocenters. The molecule has 0 aromatic rings. The number of nitrogens with zero attached hydrogens (tertiary/aromatic N) is 2. The highest BCUT2D eigenvalue weighted by molar-refractivity contribution is 4.71. The largest absolute Gasteiger partial charge is 0.304 e. The van der Waals surface area contributed by atoms with Gasteiger partial charge in [-0.15, -0.1) is 0 Å². The van der Waals surface area contributed by atoms with Crippen LogP contribution in [-0.4, -0.2) is 49.6 Å². The summed E-state index contributed by atoms with van der Waals surface area (Å²) < 4.78 is 0. The highest BCUT2D eigenvalue weighted by Gasteiger charge is 2.16. The Morgan fingerprint density at radius 2 is 1.63 bits per heavy atom. The van der Waals surface area contributed by atoms with Crippen LogP contribution in [0.15, 0.2) is 0 Å². The topological polar surface area (TPSA) is 6.48 Å². The van der Waals surface area contributed by atoms with Gasteiger partial charge in [-0.05, 0) is 50.6 Å². The predicted octanol–water partition coefficient (Wildman–Crippen LogP) is 3.87. The highest BCUT2D eigenvalue weighted by Crippen LogP contribution is 2.27. The van der Waals surface area contributed by atoms with Crippen molar-refractivity contribution in [3.63, 3.8) is 0 Å². The third kappa shape index (κ3) is 7.94. The van der Waals surface area contributed by atoms with Crippen LogP contribution in [0, 0.1) is 11.3 Å². The first-order chi connectivity index (χ1) is 8.90. The Bertz CT molecular complexity index is 224. The lowest BCUT2D eigenvalue weighted by Gasteiger charge is -2.32. The van der Waals surface area contributed by atoms with E-state index in [1.165, 1.54) is 64.8 Å². The van der Waals surface area contributed by atoms with Gasteiger partial charge in [0.1, 0.15) is 0 Å². The average Bonchev–Trinajstić information content (AvgIpc) is 2.34. The summed E-state index contributed by atoms with van der Waals surface area (Å²) in [5.41, 5.74) is 0.505. The Balaban J connectivity index is 2.12. The summed E-state index contributed by atoms with van der Waals surface area (Å²) >= 11 is 0. The minimum Gasteiger partial charge on any atom is -0.304 e. The smallest absolute Gasteiger partial charge is 0.0110 e. The van der Waals surface area contributed by atoms with Crippen molar-refractivity contribution in [2.45, 2.75) is 59.8 Å². The fourth-order valence-corrected chi connectivity index (χ4v) is 2.86. The molecule has 0 amide bonds. The maximum absolute atomic E-state index is 2.65. The molecule has 0 N–H and O–H groups in total. The molecule has 0 aromatic heterocycles. The summed E-state index contributed by atoms with van der Waals surface area (Å²) in [5.74, 6) is 0.951. The van der Waals surface area contributed by atoms with Gasteiger partial charge in [0.05, 0.1) is 0 Å². The number of piperazine rings is 1.